The third-order valence-electron chi connectivity index (χ3n) is 5.82. The standard InChI is InChI=1S/C24H27N3O2/c1-24(2)11-10-20-18(12-24)13-25-14-21(20)22-15-27(16-26-22)19-8-6-17(7-9-19)4-3-5-23(28)29/h6-9,13-16H,3-5,10-12H2,1-2H3,(H,28,29). The topological polar surface area (TPSA) is 68.0 Å². The van der Waals surface area contributed by atoms with Crippen molar-refractivity contribution in [2.24, 2.45) is 5.41 Å². The van der Waals surface area contributed by atoms with Crippen molar-refractivity contribution in [1.29, 1.82) is 0 Å². The molecular formula is C24H27N3O2. The van der Waals surface area contributed by atoms with Gasteiger partial charge in [0.2, 0.25) is 0 Å². The van der Waals surface area contributed by atoms with Crippen LogP contribution in [-0.2, 0) is 24.1 Å². The van der Waals surface area contributed by atoms with Gasteiger partial charge in [-0.25, -0.2) is 4.98 Å². The molecule has 0 unspecified atom stereocenters. The number of aliphatic carboxylic acids is 1. The van der Waals surface area contributed by atoms with Crippen molar-refractivity contribution in [2.75, 3.05) is 0 Å². The summed E-state index contributed by atoms with van der Waals surface area (Å²) >= 11 is 0. The molecule has 0 aliphatic heterocycles. The van der Waals surface area contributed by atoms with Crippen LogP contribution in [0.2, 0.25) is 0 Å². The SMILES string of the molecule is CC1(C)CCc2c(cncc2-c2cn(-c3ccc(CCCC(=O)O)cc3)cn2)C1. The lowest BCUT2D eigenvalue weighted by molar-refractivity contribution is -0.137. The number of imidazole rings is 1. The van der Waals surface area contributed by atoms with Gasteiger partial charge in [-0.05, 0) is 66.3 Å². The van der Waals surface area contributed by atoms with Gasteiger partial charge in [0.05, 0.1) is 12.0 Å². The van der Waals surface area contributed by atoms with Gasteiger partial charge in [-0.2, -0.15) is 0 Å². The summed E-state index contributed by atoms with van der Waals surface area (Å²) in [4.78, 5) is 19.8. The van der Waals surface area contributed by atoms with Crippen molar-refractivity contribution < 1.29 is 9.90 Å². The zero-order chi connectivity index (χ0) is 20.4. The molecule has 5 heteroatoms. The number of carboxylic acid groups (broad SMARTS) is 1. The van der Waals surface area contributed by atoms with Crippen LogP contribution in [0.15, 0.2) is 49.2 Å². The van der Waals surface area contributed by atoms with Crippen molar-refractivity contribution in [3.05, 3.63) is 65.9 Å². The zero-order valence-corrected chi connectivity index (χ0v) is 17.1. The minimum atomic E-state index is -0.742. The second-order valence-corrected chi connectivity index (χ2v) is 8.75. The number of nitrogens with zero attached hydrogens (tertiary/aromatic N) is 3. The lowest BCUT2D eigenvalue weighted by atomic mass is 9.74. The summed E-state index contributed by atoms with van der Waals surface area (Å²) < 4.78 is 2.03. The number of hydrogen-bond acceptors (Lipinski definition) is 3. The summed E-state index contributed by atoms with van der Waals surface area (Å²) in [6.07, 6.45) is 12.8. The highest BCUT2D eigenvalue weighted by Gasteiger charge is 2.27. The molecule has 0 saturated carbocycles. The fourth-order valence-corrected chi connectivity index (χ4v) is 4.15. The average Bonchev–Trinajstić information content (AvgIpc) is 3.17. The van der Waals surface area contributed by atoms with Crippen molar-refractivity contribution in [1.82, 2.24) is 14.5 Å². The normalized spacial score (nSPS) is 15.1. The number of carboxylic acids is 1. The van der Waals surface area contributed by atoms with Crippen LogP contribution in [0, 0.1) is 5.41 Å². The molecule has 0 bridgehead atoms. The minimum Gasteiger partial charge on any atom is -0.481 e. The molecule has 5 nitrogen and oxygen atoms in total. The Morgan fingerprint density at radius 2 is 2.00 bits per heavy atom. The monoisotopic (exact) mass is 389 g/mol. The van der Waals surface area contributed by atoms with Crippen molar-refractivity contribution >= 4 is 5.97 Å². The highest BCUT2D eigenvalue weighted by atomic mass is 16.4. The smallest absolute Gasteiger partial charge is 0.303 e. The number of carbonyl (C=O) groups is 1. The van der Waals surface area contributed by atoms with Gasteiger partial charge in [0, 0.05) is 36.3 Å². The third kappa shape index (κ3) is 4.39. The average molecular weight is 389 g/mol. The number of rotatable bonds is 6. The van der Waals surface area contributed by atoms with E-state index in [0.29, 0.717) is 11.8 Å². The summed E-state index contributed by atoms with van der Waals surface area (Å²) in [5, 5.41) is 8.77. The molecule has 1 aliphatic carbocycles. The highest BCUT2D eigenvalue weighted by molar-refractivity contribution is 5.66. The predicted octanol–water partition coefficient (Wildman–Crippen LogP) is 4.86. The van der Waals surface area contributed by atoms with E-state index in [2.05, 4.69) is 54.3 Å². The van der Waals surface area contributed by atoms with E-state index in [1.54, 1.807) is 0 Å². The van der Waals surface area contributed by atoms with Crippen LogP contribution in [-0.4, -0.2) is 25.6 Å². The third-order valence-corrected chi connectivity index (χ3v) is 5.82. The molecule has 150 valence electrons. The van der Waals surface area contributed by atoms with Crippen molar-refractivity contribution in [3.63, 3.8) is 0 Å². The van der Waals surface area contributed by atoms with Crippen molar-refractivity contribution in [2.45, 2.75) is 52.4 Å². The van der Waals surface area contributed by atoms with Gasteiger partial charge in [0.15, 0.2) is 0 Å². The van der Waals surface area contributed by atoms with Gasteiger partial charge in [-0.15, -0.1) is 0 Å². The van der Waals surface area contributed by atoms with E-state index in [1.165, 1.54) is 17.5 Å². The van der Waals surface area contributed by atoms with Gasteiger partial charge in [0.1, 0.15) is 0 Å². The van der Waals surface area contributed by atoms with Crippen LogP contribution in [0.1, 0.15) is 49.8 Å². The molecular weight excluding hydrogens is 362 g/mol. The van der Waals surface area contributed by atoms with E-state index < -0.39 is 5.97 Å². The molecule has 1 N–H and O–H groups in total. The summed E-state index contributed by atoms with van der Waals surface area (Å²) in [7, 11) is 0. The zero-order valence-electron chi connectivity index (χ0n) is 17.1. The number of hydrogen-bond donors (Lipinski definition) is 1. The number of aryl methyl sites for hydroxylation is 1. The molecule has 1 aromatic carbocycles. The van der Waals surface area contributed by atoms with Gasteiger partial charge < -0.3 is 9.67 Å². The summed E-state index contributed by atoms with van der Waals surface area (Å²) in [6.45, 7) is 4.64. The molecule has 29 heavy (non-hydrogen) atoms. The van der Waals surface area contributed by atoms with Crippen LogP contribution in [0.4, 0.5) is 0 Å². The molecule has 2 heterocycles. The summed E-state index contributed by atoms with van der Waals surface area (Å²) in [5.74, 6) is -0.742. The van der Waals surface area contributed by atoms with Crippen LogP contribution in [0.5, 0.6) is 0 Å². The Morgan fingerprint density at radius 1 is 1.21 bits per heavy atom. The second kappa shape index (κ2) is 7.82. The van der Waals surface area contributed by atoms with E-state index in [0.717, 1.165) is 41.8 Å². The lowest BCUT2D eigenvalue weighted by Gasteiger charge is -2.31. The maximum Gasteiger partial charge on any atom is 0.303 e. The Bertz CT molecular complexity index is 1020. The lowest BCUT2D eigenvalue weighted by Crippen LogP contribution is -2.22. The fourth-order valence-electron chi connectivity index (χ4n) is 4.15. The molecule has 0 radical (unpaired) electrons. The number of aromatic nitrogens is 3. The molecule has 2 aromatic heterocycles. The molecule has 0 atom stereocenters. The quantitative estimate of drug-likeness (QED) is 0.654. The van der Waals surface area contributed by atoms with E-state index in [4.69, 9.17) is 5.11 Å². The number of fused-ring (bicyclic) bond motifs is 1. The van der Waals surface area contributed by atoms with Crippen LogP contribution < -0.4 is 0 Å². The first-order valence-corrected chi connectivity index (χ1v) is 10.2. The van der Waals surface area contributed by atoms with Crippen LogP contribution in [0.3, 0.4) is 0 Å². The van der Waals surface area contributed by atoms with E-state index >= 15 is 0 Å². The van der Waals surface area contributed by atoms with Gasteiger partial charge in [-0.3, -0.25) is 9.78 Å². The molecule has 0 saturated heterocycles. The molecule has 0 amide bonds. The number of pyridine rings is 1. The fraction of sp³-hybridized carbons (Fsp3) is 0.375. The minimum absolute atomic E-state index is 0.208. The largest absolute Gasteiger partial charge is 0.481 e. The van der Waals surface area contributed by atoms with Crippen molar-refractivity contribution in [3.8, 4) is 16.9 Å². The predicted molar refractivity (Wildman–Crippen MR) is 113 cm³/mol. The van der Waals surface area contributed by atoms with Gasteiger partial charge in [0.25, 0.3) is 0 Å². The first-order chi connectivity index (χ1) is 13.9. The van der Waals surface area contributed by atoms with E-state index in [1.807, 2.05) is 23.3 Å². The van der Waals surface area contributed by atoms with Gasteiger partial charge in [-0.1, -0.05) is 26.0 Å². The van der Waals surface area contributed by atoms with E-state index in [-0.39, 0.29) is 6.42 Å². The van der Waals surface area contributed by atoms with E-state index in [9.17, 15) is 4.79 Å². The first kappa shape index (κ1) is 19.4. The maximum atomic E-state index is 10.7. The Labute approximate surface area is 171 Å². The molecule has 0 spiro atoms. The van der Waals surface area contributed by atoms with Crippen LogP contribution >= 0.6 is 0 Å². The summed E-state index contributed by atoms with van der Waals surface area (Å²) in [5.41, 5.74) is 7.36. The molecule has 0 fully saturated rings. The Balaban J connectivity index is 1.53. The maximum absolute atomic E-state index is 10.7. The van der Waals surface area contributed by atoms with Gasteiger partial charge >= 0.3 is 5.97 Å². The Hall–Kier alpha value is -2.95. The molecule has 1 aliphatic rings. The number of benzene rings is 1. The second-order valence-electron chi connectivity index (χ2n) is 8.75. The van der Waals surface area contributed by atoms with Crippen LogP contribution in [0.25, 0.3) is 16.9 Å². The Morgan fingerprint density at radius 3 is 2.76 bits per heavy atom. The molecule has 3 aromatic rings. The molecule has 4 rings (SSSR count). The Kier molecular flexibility index (Phi) is 5.22. The highest BCUT2D eigenvalue weighted by Crippen LogP contribution is 2.38. The first-order valence-electron chi connectivity index (χ1n) is 10.2. The summed E-state index contributed by atoms with van der Waals surface area (Å²) in [6, 6.07) is 8.24.